The Morgan fingerprint density at radius 3 is 2.89 bits per heavy atom. The van der Waals surface area contributed by atoms with Crippen molar-refractivity contribution in [1.82, 2.24) is 10.3 Å². The first-order chi connectivity index (χ1) is 9.06. The van der Waals surface area contributed by atoms with E-state index in [1.807, 2.05) is 13.0 Å². The van der Waals surface area contributed by atoms with E-state index in [0.29, 0.717) is 22.5 Å². The minimum Gasteiger partial charge on any atom is -0.397 e. The topological polar surface area (TPSA) is 68.0 Å². The van der Waals surface area contributed by atoms with Crippen LogP contribution in [0.1, 0.15) is 35.0 Å². The minimum atomic E-state index is -0.0585. The minimum absolute atomic E-state index is 0.0585. The van der Waals surface area contributed by atoms with E-state index in [4.69, 9.17) is 5.73 Å². The zero-order valence-corrected chi connectivity index (χ0v) is 11.9. The molecule has 2 heterocycles. The van der Waals surface area contributed by atoms with Gasteiger partial charge in [-0.3, -0.25) is 4.79 Å². The summed E-state index contributed by atoms with van der Waals surface area (Å²) >= 11 is 1.38. The van der Waals surface area contributed by atoms with E-state index in [0.717, 1.165) is 28.6 Å². The predicted molar refractivity (Wildman–Crippen MR) is 78.4 cm³/mol. The quantitative estimate of drug-likeness (QED) is 0.885. The second kappa shape index (κ2) is 4.49. The molecule has 0 atom stereocenters. The first-order valence-electron chi connectivity index (χ1n) is 6.50. The highest BCUT2D eigenvalue weighted by Crippen LogP contribution is 2.35. The summed E-state index contributed by atoms with van der Waals surface area (Å²) in [6.07, 6.45) is 3.88. The maximum Gasteiger partial charge on any atom is 0.263 e. The molecule has 100 valence electrons. The molecular weight excluding hydrogens is 258 g/mol. The molecular formula is C14H17N3OS. The van der Waals surface area contributed by atoms with Crippen molar-refractivity contribution in [2.24, 2.45) is 5.92 Å². The van der Waals surface area contributed by atoms with Gasteiger partial charge < -0.3 is 11.1 Å². The van der Waals surface area contributed by atoms with E-state index in [1.165, 1.54) is 11.3 Å². The number of nitrogen functional groups attached to an aromatic ring is 1. The number of nitrogens with two attached hydrogens (primary N) is 1. The van der Waals surface area contributed by atoms with E-state index in [2.05, 4.69) is 17.2 Å². The van der Waals surface area contributed by atoms with Crippen LogP contribution in [0, 0.1) is 12.8 Å². The predicted octanol–water partition coefficient (Wildman–Crippen LogP) is 2.72. The van der Waals surface area contributed by atoms with Crippen molar-refractivity contribution in [3.8, 4) is 0 Å². The summed E-state index contributed by atoms with van der Waals surface area (Å²) in [5.74, 6) is 0.658. The number of carbonyl (C=O) groups excluding carboxylic acids is 1. The molecule has 0 bridgehead atoms. The Hall–Kier alpha value is -1.62. The highest BCUT2D eigenvalue weighted by atomic mass is 32.1. The van der Waals surface area contributed by atoms with E-state index >= 15 is 0 Å². The fourth-order valence-corrected chi connectivity index (χ4v) is 3.69. The fraction of sp³-hybridized carbons (Fsp3) is 0.429. The van der Waals surface area contributed by atoms with Crippen LogP contribution in [0.5, 0.6) is 0 Å². The number of amides is 1. The average Bonchev–Trinajstić information content (AvgIpc) is 2.66. The lowest BCUT2D eigenvalue weighted by Crippen LogP contribution is -2.43. The van der Waals surface area contributed by atoms with Crippen LogP contribution in [0.2, 0.25) is 0 Å². The molecule has 19 heavy (non-hydrogen) atoms. The van der Waals surface area contributed by atoms with Gasteiger partial charge in [0.25, 0.3) is 5.91 Å². The lowest BCUT2D eigenvalue weighted by atomic mass is 9.82. The normalized spacial score (nSPS) is 22.2. The van der Waals surface area contributed by atoms with Gasteiger partial charge in [0, 0.05) is 17.6 Å². The van der Waals surface area contributed by atoms with Crippen LogP contribution in [0.25, 0.3) is 10.2 Å². The van der Waals surface area contributed by atoms with Crippen LogP contribution in [-0.4, -0.2) is 16.9 Å². The number of anilines is 1. The smallest absolute Gasteiger partial charge is 0.263 e. The van der Waals surface area contributed by atoms with Gasteiger partial charge in [-0.1, -0.05) is 6.92 Å². The molecule has 0 aliphatic heterocycles. The Balaban J connectivity index is 1.90. The van der Waals surface area contributed by atoms with Gasteiger partial charge in [0.15, 0.2) is 0 Å². The van der Waals surface area contributed by atoms with E-state index in [1.54, 1.807) is 6.20 Å². The number of nitrogens with zero attached hydrogens (tertiary/aromatic N) is 1. The number of nitrogens with one attached hydrogen (secondary N) is 1. The van der Waals surface area contributed by atoms with Gasteiger partial charge in [0.2, 0.25) is 0 Å². The molecule has 0 spiro atoms. The Morgan fingerprint density at radius 1 is 1.53 bits per heavy atom. The summed E-state index contributed by atoms with van der Waals surface area (Å²) in [5.41, 5.74) is 7.74. The number of aryl methyl sites for hydroxylation is 1. The van der Waals surface area contributed by atoms with Gasteiger partial charge in [0.1, 0.15) is 9.71 Å². The van der Waals surface area contributed by atoms with Crippen LogP contribution >= 0.6 is 11.3 Å². The van der Waals surface area contributed by atoms with Crippen LogP contribution in [0.15, 0.2) is 12.3 Å². The van der Waals surface area contributed by atoms with E-state index in [-0.39, 0.29) is 5.91 Å². The van der Waals surface area contributed by atoms with Crippen molar-refractivity contribution in [3.63, 3.8) is 0 Å². The molecule has 3 N–H and O–H groups in total. The molecule has 1 aliphatic rings. The number of aromatic nitrogens is 1. The number of hydrogen-bond donors (Lipinski definition) is 2. The first kappa shape index (κ1) is 12.4. The third-order valence-electron chi connectivity index (χ3n) is 3.75. The van der Waals surface area contributed by atoms with Crippen molar-refractivity contribution in [1.29, 1.82) is 0 Å². The molecule has 1 amide bonds. The summed E-state index contributed by atoms with van der Waals surface area (Å²) in [6.45, 7) is 4.19. The maximum absolute atomic E-state index is 12.2. The van der Waals surface area contributed by atoms with Crippen LogP contribution in [-0.2, 0) is 0 Å². The SMILES string of the molecule is Cc1ccnc2sc(C(=O)NC3CC(C)C3)c(N)c12. The molecule has 5 heteroatoms. The Morgan fingerprint density at radius 2 is 2.26 bits per heavy atom. The fourth-order valence-electron chi connectivity index (χ4n) is 2.64. The van der Waals surface area contributed by atoms with Crippen molar-refractivity contribution in [3.05, 3.63) is 22.7 Å². The first-order valence-corrected chi connectivity index (χ1v) is 7.32. The second-order valence-corrected chi connectivity index (χ2v) is 6.40. The maximum atomic E-state index is 12.2. The van der Waals surface area contributed by atoms with E-state index in [9.17, 15) is 4.79 Å². The molecule has 1 fully saturated rings. The molecule has 1 saturated carbocycles. The molecule has 0 radical (unpaired) electrons. The summed E-state index contributed by atoms with van der Waals surface area (Å²) in [4.78, 5) is 18.0. The van der Waals surface area contributed by atoms with Crippen LogP contribution < -0.4 is 11.1 Å². The van der Waals surface area contributed by atoms with Crippen molar-refractivity contribution >= 4 is 33.1 Å². The molecule has 0 saturated heterocycles. The zero-order valence-electron chi connectivity index (χ0n) is 11.1. The number of thiophene rings is 1. The number of pyridine rings is 1. The van der Waals surface area contributed by atoms with Crippen molar-refractivity contribution in [2.45, 2.75) is 32.7 Å². The van der Waals surface area contributed by atoms with Gasteiger partial charge >= 0.3 is 0 Å². The van der Waals surface area contributed by atoms with Crippen molar-refractivity contribution in [2.75, 3.05) is 5.73 Å². The van der Waals surface area contributed by atoms with Gasteiger partial charge in [-0.2, -0.15) is 0 Å². The summed E-state index contributed by atoms with van der Waals surface area (Å²) in [6, 6.07) is 2.22. The third kappa shape index (κ3) is 2.08. The Bertz CT molecular complexity index is 643. The third-order valence-corrected chi connectivity index (χ3v) is 4.86. The lowest BCUT2D eigenvalue weighted by Gasteiger charge is -2.33. The molecule has 4 nitrogen and oxygen atoms in total. The zero-order chi connectivity index (χ0) is 13.6. The Labute approximate surface area is 116 Å². The van der Waals surface area contributed by atoms with Crippen LogP contribution in [0.4, 0.5) is 5.69 Å². The number of fused-ring (bicyclic) bond motifs is 1. The summed E-state index contributed by atoms with van der Waals surface area (Å²) in [5, 5.41) is 3.96. The molecule has 2 aromatic rings. The largest absolute Gasteiger partial charge is 0.397 e. The van der Waals surface area contributed by atoms with Gasteiger partial charge in [0.05, 0.1) is 5.69 Å². The summed E-state index contributed by atoms with van der Waals surface area (Å²) < 4.78 is 0. The van der Waals surface area contributed by atoms with Gasteiger partial charge in [-0.15, -0.1) is 11.3 Å². The second-order valence-electron chi connectivity index (χ2n) is 5.40. The molecule has 1 aliphatic carbocycles. The van der Waals surface area contributed by atoms with Gasteiger partial charge in [-0.05, 0) is 37.3 Å². The van der Waals surface area contributed by atoms with Crippen molar-refractivity contribution < 1.29 is 4.79 Å². The van der Waals surface area contributed by atoms with Crippen LogP contribution in [0.3, 0.4) is 0 Å². The molecule has 2 aromatic heterocycles. The lowest BCUT2D eigenvalue weighted by molar-refractivity contribution is 0.0901. The monoisotopic (exact) mass is 275 g/mol. The highest BCUT2D eigenvalue weighted by molar-refractivity contribution is 7.21. The number of rotatable bonds is 2. The van der Waals surface area contributed by atoms with Gasteiger partial charge in [-0.25, -0.2) is 4.98 Å². The standard InChI is InChI=1S/C14H17N3OS/c1-7-5-9(6-7)17-13(18)12-11(15)10-8(2)3-4-16-14(10)19-12/h3-4,7,9H,5-6,15H2,1-2H3,(H,17,18). The highest BCUT2D eigenvalue weighted by Gasteiger charge is 2.28. The Kier molecular flexibility index (Phi) is 2.93. The number of hydrogen-bond acceptors (Lipinski definition) is 4. The molecule has 0 unspecified atom stereocenters. The molecule has 3 rings (SSSR count). The average molecular weight is 275 g/mol. The van der Waals surface area contributed by atoms with E-state index < -0.39 is 0 Å². The number of carbonyl (C=O) groups is 1. The summed E-state index contributed by atoms with van der Waals surface area (Å²) in [7, 11) is 0. The molecule has 0 aromatic carbocycles.